The number of nitrogens with zero attached hydrogens (tertiary/aromatic N) is 3. The number of carbonyl (C=O) groups is 1. The molecule has 2 heterocycles. The number of hydrogen-bond donors (Lipinski definition) is 0. The maximum Gasteiger partial charge on any atom is 0.248 e. The molecule has 3 rings (SSSR count). The van der Waals surface area contributed by atoms with Gasteiger partial charge in [-0.15, -0.1) is 0 Å². The van der Waals surface area contributed by atoms with Crippen molar-refractivity contribution in [1.29, 1.82) is 0 Å². The molecule has 1 atom stereocenters. The lowest BCUT2D eigenvalue weighted by Crippen LogP contribution is -2.32. The van der Waals surface area contributed by atoms with Crippen molar-refractivity contribution in [2.24, 2.45) is 0 Å². The van der Waals surface area contributed by atoms with E-state index in [0.29, 0.717) is 24.2 Å². The number of fused-ring (bicyclic) bond motifs is 1. The molecule has 0 spiro atoms. The summed E-state index contributed by atoms with van der Waals surface area (Å²) in [5.41, 5.74) is 2.37. The SMILES string of the molecule is CN(Cc1ccc2nonc2c1)C(=O)COCC1CCCCO1. The third-order valence-electron chi connectivity index (χ3n) is 3.97. The van der Waals surface area contributed by atoms with E-state index < -0.39 is 0 Å². The molecule has 124 valence electrons. The van der Waals surface area contributed by atoms with Crippen LogP contribution >= 0.6 is 0 Å². The van der Waals surface area contributed by atoms with Crippen molar-refractivity contribution in [2.75, 3.05) is 26.9 Å². The molecule has 1 saturated heterocycles. The Kier molecular flexibility index (Phi) is 5.19. The first-order valence-corrected chi connectivity index (χ1v) is 7.87. The molecule has 1 aromatic carbocycles. The van der Waals surface area contributed by atoms with Gasteiger partial charge in [-0.2, -0.15) is 0 Å². The molecular formula is C16H21N3O4. The van der Waals surface area contributed by atoms with E-state index in [4.69, 9.17) is 9.47 Å². The highest BCUT2D eigenvalue weighted by molar-refractivity contribution is 5.77. The number of aromatic nitrogens is 2. The van der Waals surface area contributed by atoms with Crippen molar-refractivity contribution in [1.82, 2.24) is 15.2 Å². The fourth-order valence-electron chi connectivity index (χ4n) is 2.61. The number of rotatable bonds is 6. The smallest absolute Gasteiger partial charge is 0.248 e. The number of carbonyl (C=O) groups excluding carboxylic acids is 1. The first-order valence-electron chi connectivity index (χ1n) is 7.87. The zero-order valence-electron chi connectivity index (χ0n) is 13.2. The van der Waals surface area contributed by atoms with Gasteiger partial charge in [0.1, 0.15) is 17.6 Å². The van der Waals surface area contributed by atoms with Gasteiger partial charge in [0.2, 0.25) is 5.91 Å². The van der Waals surface area contributed by atoms with Gasteiger partial charge in [-0.1, -0.05) is 6.07 Å². The van der Waals surface area contributed by atoms with E-state index in [2.05, 4.69) is 14.9 Å². The quantitative estimate of drug-likeness (QED) is 0.807. The fourth-order valence-corrected chi connectivity index (χ4v) is 2.61. The van der Waals surface area contributed by atoms with Crippen molar-refractivity contribution in [3.05, 3.63) is 23.8 Å². The third kappa shape index (κ3) is 4.27. The number of ether oxygens (including phenoxy) is 2. The zero-order valence-corrected chi connectivity index (χ0v) is 13.2. The molecule has 7 nitrogen and oxygen atoms in total. The topological polar surface area (TPSA) is 77.7 Å². The maximum atomic E-state index is 12.1. The van der Waals surface area contributed by atoms with Crippen molar-refractivity contribution in [3.63, 3.8) is 0 Å². The van der Waals surface area contributed by atoms with Crippen molar-refractivity contribution < 1.29 is 18.9 Å². The largest absolute Gasteiger partial charge is 0.376 e. The highest BCUT2D eigenvalue weighted by atomic mass is 16.6. The van der Waals surface area contributed by atoms with Crippen molar-refractivity contribution >= 4 is 16.9 Å². The van der Waals surface area contributed by atoms with Crippen LogP contribution in [-0.2, 0) is 20.8 Å². The van der Waals surface area contributed by atoms with E-state index in [1.807, 2.05) is 18.2 Å². The van der Waals surface area contributed by atoms with Crippen LogP contribution in [0.5, 0.6) is 0 Å². The molecule has 1 aliphatic heterocycles. The predicted octanol–water partition coefficient (Wildman–Crippen LogP) is 1.77. The lowest BCUT2D eigenvalue weighted by molar-refractivity contribution is -0.137. The van der Waals surface area contributed by atoms with Gasteiger partial charge < -0.3 is 14.4 Å². The molecule has 7 heteroatoms. The molecule has 23 heavy (non-hydrogen) atoms. The van der Waals surface area contributed by atoms with E-state index >= 15 is 0 Å². The molecule has 0 radical (unpaired) electrons. The summed E-state index contributed by atoms with van der Waals surface area (Å²) in [6.07, 6.45) is 3.42. The van der Waals surface area contributed by atoms with Crippen LogP contribution in [0.25, 0.3) is 11.0 Å². The van der Waals surface area contributed by atoms with Gasteiger partial charge in [-0.25, -0.2) is 4.63 Å². The summed E-state index contributed by atoms with van der Waals surface area (Å²) >= 11 is 0. The van der Waals surface area contributed by atoms with Crippen LogP contribution in [0.1, 0.15) is 24.8 Å². The highest BCUT2D eigenvalue weighted by Crippen LogP contribution is 2.14. The molecule has 0 bridgehead atoms. The summed E-state index contributed by atoms with van der Waals surface area (Å²) < 4.78 is 15.7. The minimum atomic E-state index is -0.0563. The van der Waals surface area contributed by atoms with E-state index in [1.165, 1.54) is 6.42 Å². The van der Waals surface area contributed by atoms with Gasteiger partial charge in [-0.05, 0) is 47.3 Å². The Morgan fingerprint density at radius 1 is 1.35 bits per heavy atom. The Morgan fingerprint density at radius 2 is 2.22 bits per heavy atom. The normalized spacial score (nSPS) is 18.2. The average molecular weight is 319 g/mol. The Bertz CT molecular complexity index is 652. The maximum absolute atomic E-state index is 12.1. The molecule has 1 unspecified atom stereocenters. The summed E-state index contributed by atoms with van der Waals surface area (Å²) in [5.74, 6) is -0.0563. The second kappa shape index (κ2) is 7.52. The van der Waals surface area contributed by atoms with Crippen molar-refractivity contribution in [3.8, 4) is 0 Å². The van der Waals surface area contributed by atoms with Gasteiger partial charge >= 0.3 is 0 Å². The predicted molar refractivity (Wildman–Crippen MR) is 82.7 cm³/mol. The average Bonchev–Trinajstić information content (AvgIpc) is 3.03. The Balaban J connectivity index is 1.45. The minimum Gasteiger partial charge on any atom is -0.376 e. The summed E-state index contributed by atoms with van der Waals surface area (Å²) in [7, 11) is 1.76. The summed E-state index contributed by atoms with van der Waals surface area (Å²) in [5, 5.41) is 7.57. The van der Waals surface area contributed by atoms with Crippen LogP contribution in [0, 0.1) is 0 Å². The second-order valence-electron chi connectivity index (χ2n) is 5.84. The van der Waals surface area contributed by atoms with Gasteiger partial charge in [0.25, 0.3) is 0 Å². The van der Waals surface area contributed by atoms with E-state index in [9.17, 15) is 4.79 Å². The highest BCUT2D eigenvalue weighted by Gasteiger charge is 2.16. The molecule has 0 aliphatic carbocycles. The third-order valence-corrected chi connectivity index (χ3v) is 3.97. The Morgan fingerprint density at radius 3 is 3.04 bits per heavy atom. The molecule has 1 fully saturated rings. The second-order valence-corrected chi connectivity index (χ2v) is 5.84. The number of likely N-dealkylation sites (N-methyl/N-ethyl adjacent to an activating group) is 1. The Hall–Kier alpha value is -1.99. The minimum absolute atomic E-state index is 0.0563. The van der Waals surface area contributed by atoms with Crippen LogP contribution in [0.15, 0.2) is 22.8 Å². The molecular weight excluding hydrogens is 298 g/mol. The summed E-state index contributed by atoms with van der Waals surface area (Å²) in [6, 6.07) is 5.61. The monoisotopic (exact) mass is 319 g/mol. The molecule has 2 aromatic rings. The van der Waals surface area contributed by atoms with Gasteiger partial charge in [-0.3, -0.25) is 4.79 Å². The summed E-state index contributed by atoms with van der Waals surface area (Å²) in [6.45, 7) is 1.84. The zero-order chi connectivity index (χ0) is 16.1. The Labute approximate surface area is 134 Å². The van der Waals surface area contributed by atoms with Crippen LogP contribution < -0.4 is 0 Å². The van der Waals surface area contributed by atoms with E-state index in [-0.39, 0.29) is 18.6 Å². The van der Waals surface area contributed by atoms with Gasteiger partial charge in [0, 0.05) is 20.2 Å². The first kappa shape index (κ1) is 15.9. The van der Waals surface area contributed by atoms with Gasteiger partial charge in [0.15, 0.2) is 0 Å². The lowest BCUT2D eigenvalue weighted by atomic mass is 10.1. The lowest BCUT2D eigenvalue weighted by Gasteiger charge is -2.23. The molecule has 1 aromatic heterocycles. The number of hydrogen-bond acceptors (Lipinski definition) is 6. The first-order chi connectivity index (χ1) is 11.2. The standard InChI is InChI=1S/C16H21N3O4/c1-19(9-12-5-6-14-15(8-12)18-23-17-14)16(20)11-21-10-13-4-2-3-7-22-13/h5-6,8,13H,2-4,7,9-11H2,1H3. The number of amides is 1. The van der Waals surface area contributed by atoms with Crippen molar-refractivity contribution in [2.45, 2.75) is 31.9 Å². The van der Waals surface area contributed by atoms with Crippen LogP contribution in [0.3, 0.4) is 0 Å². The molecule has 0 saturated carbocycles. The van der Waals surface area contributed by atoms with E-state index in [0.717, 1.165) is 25.0 Å². The number of benzene rings is 1. The molecule has 1 aliphatic rings. The van der Waals surface area contributed by atoms with Crippen LogP contribution in [0.4, 0.5) is 0 Å². The van der Waals surface area contributed by atoms with E-state index in [1.54, 1.807) is 11.9 Å². The van der Waals surface area contributed by atoms with Crippen LogP contribution in [-0.4, -0.2) is 54.1 Å². The molecule has 1 amide bonds. The van der Waals surface area contributed by atoms with Crippen LogP contribution in [0.2, 0.25) is 0 Å². The fraction of sp³-hybridized carbons (Fsp3) is 0.562. The summed E-state index contributed by atoms with van der Waals surface area (Å²) in [4.78, 5) is 13.8. The molecule has 0 N–H and O–H groups in total. The van der Waals surface area contributed by atoms with Gasteiger partial charge in [0.05, 0.1) is 12.7 Å².